The van der Waals surface area contributed by atoms with Crippen LogP contribution in [-0.2, 0) is 14.2 Å². The van der Waals surface area contributed by atoms with Gasteiger partial charge in [-0.2, -0.15) is 0 Å². The number of carbonyl (C=O) groups excluding carboxylic acids is 1. The second-order valence-corrected chi connectivity index (χ2v) is 8.66. The maximum atomic E-state index is 12.3. The van der Waals surface area contributed by atoms with Crippen LogP contribution in [0.15, 0.2) is 4.99 Å². The predicted molar refractivity (Wildman–Crippen MR) is 116 cm³/mol. The average molecular weight is 415 g/mol. The van der Waals surface area contributed by atoms with E-state index in [0.717, 1.165) is 32.2 Å². The van der Waals surface area contributed by atoms with Crippen molar-refractivity contribution >= 4 is 12.1 Å². The Balaban J connectivity index is 2.81. The summed E-state index contributed by atoms with van der Waals surface area (Å²) in [5.41, 5.74) is -1.23. The molecule has 8 nitrogen and oxygen atoms in total. The number of guanidine groups is 1. The number of aliphatic imine (C=N–C) groups is 1. The van der Waals surface area contributed by atoms with E-state index in [0.29, 0.717) is 32.3 Å². The molecule has 0 aliphatic carbocycles. The van der Waals surface area contributed by atoms with Gasteiger partial charge in [-0.15, -0.1) is 0 Å². The van der Waals surface area contributed by atoms with Crippen LogP contribution in [0.2, 0.25) is 0 Å². The Morgan fingerprint density at radius 3 is 2.21 bits per heavy atom. The molecular formula is C21H42N4O4. The van der Waals surface area contributed by atoms with E-state index in [9.17, 15) is 4.79 Å². The molecule has 0 saturated carbocycles. The molecule has 0 atom stereocenters. The highest BCUT2D eigenvalue weighted by atomic mass is 16.6. The van der Waals surface area contributed by atoms with Gasteiger partial charge < -0.3 is 30.2 Å². The minimum absolute atomic E-state index is 0.240. The molecule has 0 aromatic rings. The van der Waals surface area contributed by atoms with Crippen molar-refractivity contribution in [2.45, 2.75) is 84.0 Å². The molecule has 1 aliphatic rings. The topological polar surface area (TPSA) is 93.2 Å². The summed E-state index contributed by atoms with van der Waals surface area (Å²) < 4.78 is 16.7. The first-order chi connectivity index (χ1) is 13.6. The summed E-state index contributed by atoms with van der Waals surface area (Å²) in [7, 11) is 1.75. The zero-order valence-corrected chi connectivity index (χ0v) is 19.4. The molecule has 0 spiro atoms. The summed E-state index contributed by atoms with van der Waals surface area (Å²) >= 11 is 0. The Labute approximate surface area is 176 Å². The first kappa shape index (κ1) is 25.5. The lowest BCUT2D eigenvalue weighted by atomic mass is 9.93. The SMILES string of the molecule is CCNC(=NCC(CC)(CC)NC(=O)OC(C)(C)C)NCC1(OC)CCOCC1. The van der Waals surface area contributed by atoms with Gasteiger partial charge in [0.1, 0.15) is 5.60 Å². The molecule has 1 amide bonds. The van der Waals surface area contributed by atoms with Crippen LogP contribution in [-0.4, -0.2) is 68.8 Å². The number of rotatable bonds is 9. The van der Waals surface area contributed by atoms with Crippen molar-refractivity contribution in [3.05, 3.63) is 0 Å². The van der Waals surface area contributed by atoms with Crippen molar-refractivity contribution in [2.24, 2.45) is 4.99 Å². The maximum absolute atomic E-state index is 12.3. The zero-order valence-electron chi connectivity index (χ0n) is 19.4. The smallest absolute Gasteiger partial charge is 0.408 e. The van der Waals surface area contributed by atoms with Gasteiger partial charge in [-0.3, -0.25) is 4.99 Å². The summed E-state index contributed by atoms with van der Waals surface area (Å²) in [6, 6.07) is 0. The Kier molecular flexibility index (Phi) is 10.2. The number of amides is 1. The van der Waals surface area contributed by atoms with Crippen LogP contribution in [0.3, 0.4) is 0 Å². The first-order valence-electron chi connectivity index (χ1n) is 10.8. The molecule has 1 rings (SSSR count). The number of hydrogen-bond donors (Lipinski definition) is 3. The third kappa shape index (κ3) is 8.78. The number of hydrogen-bond acceptors (Lipinski definition) is 5. The summed E-state index contributed by atoms with van der Waals surface area (Å²) in [5, 5.41) is 9.74. The number of nitrogens with zero attached hydrogens (tertiary/aromatic N) is 1. The minimum Gasteiger partial charge on any atom is -0.444 e. The molecule has 29 heavy (non-hydrogen) atoms. The van der Waals surface area contributed by atoms with Crippen molar-refractivity contribution in [2.75, 3.05) is 40.0 Å². The molecule has 1 heterocycles. The second kappa shape index (κ2) is 11.6. The van der Waals surface area contributed by atoms with Crippen molar-refractivity contribution in [3.63, 3.8) is 0 Å². The van der Waals surface area contributed by atoms with Crippen LogP contribution in [0.5, 0.6) is 0 Å². The quantitative estimate of drug-likeness (QED) is 0.397. The summed E-state index contributed by atoms with van der Waals surface area (Å²) in [6.07, 6.45) is 2.80. The second-order valence-electron chi connectivity index (χ2n) is 8.66. The maximum Gasteiger partial charge on any atom is 0.408 e. The molecule has 3 N–H and O–H groups in total. The molecule has 0 unspecified atom stereocenters. The van der Waals surface area contributed by atoms with Gasteiger partial charge in [0.15, 0.2) is 5.96 Å². The number of carbonyl (C=O) groups is 1. The molecule has 170 valence electrons. The highest BCUT2D eigenvalue weighted by Crippen LogP contribution is 2.23. The van der Waals surface area contributed by atoms with Crippen LogP contribution in [0, 0.1) is 0 Å². The van der Waals surface area contributed by atoms with Crippen LogP contribution >= 0.6 is 0 Å². The molecule has 0 aromatic heterocycles. The normalized spacial score (nSPS) is 17.6. The van der Waals surface area contributed by atoms with Gasteiger partial charge in [0.2, 0.25) is 0 Å². The molecule has 1 fully saturated rings. The zero-order chi connectivity index (χ0) is 22.0. The largest absolute Gasteiger partial charge is 0.444 e. The molecular weight excluding hydrogens is 372 g/mol. The standard InChI is InChI=1S/C21H42N4O4/c1-8-20(9-2,25-18(26)29-19(4,5)6)15-23-17(22-10-3)24-16-21(27-7)11-13-28-14-12-21/h8-16H2,1-7H3,(H,25,26)(H2,22,23,24). The molecule has 1 saturated heterocycles. The number of alkyl carbamates (subject to hydrolysis) is 1. The van der Waals surface area contributed by atoms with E-state index < -0.39 is 17.2 Å². The highest BCUT2D eigenvalue weighted by molar-refractivity contribution is 5.80. The lowest BCUT2D eigenvalue weighted by Crippen LogP contribution is -2.53. The number of methoxy groups -OCH3 is 1. The third-order valence-corrected chi connectivity index (χ3v) is 5.42. The van der Waals surface area contributed by atoms with E-state index in [1.54, 1.807) is 7.11 Å². The summed E-state index contributed by atoms with van der Waals surface area (Å²) in [4.78, 5) is 17.1. The third-order valence-electron chi connectivity index (χ3n) is 5.42. The number of nitrogens with one attached hydrogen (secondary N) is 3. The summed E-state index contributed by atoms with van der Waals surface area (Å²) in [6.45, 7) is 15.0. The van der Waals surface area contributed by atoms with E-state index in [4.69, 9.17) is 19.2 Å². The van der Waals surface area contributed by atoms with E-state index in [1.807, 2.05) is 27.7 Å². The lowest BCUT2D eigenvalue weighted by molar-refractivity contribution is -0.0855. The summed E-state index contributed by atoms with van der Waals surface area (Å²) in [5.74, 6) is 0.715. The van der Waals surface area contributed by atoms with Crippen LogP contribution < -0.4 is 16.0 Å². The van der Waals surface area contributed by atoms with Crippen molar-refractivity contribution < 1.29 is 19.0 Å². The van der Waals surface area contributed by atoms with Gasteiger partial charge >= 0.3 is 6.09 Å². The first-order valence-corrected chi connectivity index (χ1v) is 10.8. The Morgan fingerprint density at radius 1 is 1.10 bits per heavy atom. The average Bonchev–Trinajstić information content (AvgIpc) is 2.68. The van der Waals surface area contributed by atoms with Gasteiger partial charge in [-0.1, -0.05) is 13.8 Å². The van der Waals surface area contributed by atoms with Crippen molar-refractivity contribution in [1.82, 2.24) is 16.0 Å². The van der Waals surface area contributed by atoms with Crippen LogP contribution in [0.1, 0.15) is 67.2 Å². The van der Waals surface area contributed by atoms with Crippen molar-refractivity contribution in [1.29, 1.82) is 0 Å². The molecule has 8 heteroatoms. The van der Waals surface area contributed by atoms with E-state index in [2.05, 4.69) is 29.8 Å². The fourth-order valence-electron chi connectivity index (χ4n) is 3.22. The van der Waals surface area contributed by atoms with E-state index in [-0.39, 0.29) is 5.60 Å². The van der Waals surface area contributed by atoms with Gasteiger partial charge in [-0.05, 0) is 40.5 Å². The minimum atomic E-state index is -0.533. The Hall–Kier alpha value is -1.54. The monoisotopic (exact) mass is 414 g/mol. The van der Waals surface area contributed by atoms with Crippen LogP contribution in [0.25, 0.3) is 0 Å². The molecule has 0 radical (unpaired) electrons. The van der Waals surface area contributed by atoms with Gasteiger partial charge in [0.25, 0.3) is 0 Å². The molecule has 0 bridgehead atoms. The predicted octanol–water partition coefficient (Wildman–Crippen LogP) is 2.82. The van der Waals surface area contributed by atoms with E-state index >= 15 is 0 Å². The number of ether oxygens (including phenoxy) is 3. The van der Waals surface area contributed by atoms with Gasteiger partial charge in [0.05, 0.1) is 17.7 Å². The molecule has 0 aromatic carbocycles. The van der Waals surface area contributed by atoms with E-state index in [1.165, 1.54) is 0 Å². The fraction of sp³-hybridized carbons (Fsp3) is 0.905. The molecule has 1 aliphatic heterocycles. The van der Waals surface area contributed by atoms with Gasteiger partial charge in [-0.25, -0.2) is 4.79 Å². The van der Waals surface area contributed by atoms with Gasteiger partial charge in [0, 0.05) is 46.3 Å². The van der Waals surface area contributed by atoms with Crippen LogP contribution in [0.4, 0.5) is 4.79 Å². The van der Waals surface area contributed by atoms with Crippen molar-refractivity contribution in [3.8, 4) is 0 Å². The lowest BCUT2D eigenvalue weighted by Gasteiger charge is -2.36. The Morgan fingerprint density at radius 2 is 1.72 bits per heavy atom. The fourth-order valence-corrected chi connectivity index (χ4v) is 3.22. The highest BCUT2D eigenvalue weighted by Gasteiger charge is 2.33. The Bertz CT molecular complexity index is 521.